The van der Waals surface area contributed by atoms with Crippen molar-refractivity contribution in [1.29, 1.82) is 0 Å². The van der Waals surface area contributed by atoms with Gasteiger partial charge in [-0.25, -0.2) is 0 Å². The monoisotopic (exact) mass is 290 g/mol. The first-order valence-electron chi connectivity index (χ1n) is 6.04. The summed E-state index contributed by atoms with van der Waals surface area (Å²) in [5.74, 6) is -1.15. The molecule has 0 aliphatic rings. The third-order valence-electron chi connectivity index (χ3n) is 2.43. The van der Waals surface area contributed by atoms with Crippen molar-refractivity contribution in [1.82, 2.24) is 0 Å². The lowest BCUT2D eigenvalue weighted by Gasteiger charge is -2.28. The van der Waals surface area contributed by atoms with Crippen molar-refractivity contribution in [3.05, 3.63) is 24.8 Å². The summed E-state index contributed by atoms with van der Waals surface area (Å²) in [6, 6.07) is 0. The smallest absolute Gasteiger partial charge is 0.324 e. The molecular weight excluding hydrogens is 268 g/mol. The average molecular weight is 291 g/mol. The van der Waals surface area contributed by atoms with Crippen molar-refractivity contribution in [2.45, 2.75) is 33.6 Å². The third-order valence-corrected chi connectivity index (χ3v) is 2.43. The summed E-state index contributed by atoms with van der Waals surface area (Å²) >= 11 is 0. The Morgan fingerprint density at radius 2 is 1.58 bits per heavy atom. The Bertz CT molecular complexity index is 318. The van der Waals surface area contributed by atoms with Gasteiger partial charge < -0.3 is 9.47 Å². The minimum Gasteiger partial charge on any atom is -0.465 e. The molecule has 0 fully saturated rings. The van der Waals surface area contributed by atoms with Crippen molar-refractivity contribution < 1.29 is 19.1 Å². The fourth-order valence-corrected chi connectivity index (χ4v) is 1.77. The zero-order valence-electron chi connectivity index (χ0n) is 11.9. The van der Waals surface area contributed by atoms with Crippen LogP contribution < -0.4 is 0 Å². The van der Waals surface area contributed by atoms with Gasteiger partial charge in [-0.15, -0.1) is 25.6 Å². The van der Waals surface area contributed by atoms with Crippen LogP contribution in [0.25, 0.3) is 0 Å². The molecule has 0 saturated heterocycles. The Kier molecular flexibility index (Phi) is 10.1. The Labute approximate surface area is 121 Å². The third kappa shape index (κ3) is 5.47. The van der Waals surface area contributed by atoms with Crippen LogP contribution >= 0.6 is 12.4 Å². The molecule has 0 unspecified atom stereocenters. The van der Waals surface area contributed by atoms with Crippen LogP contribution in [0.1, 0.15) is 33.6 Å². The summed E-state index contributed by atoms with van der Waals surface area (Å²) in [7, 11) is 0. The van der Waals surface area contributed by atoms with Crippen LogP contribution in [0.15, 0.2) is 24.8 Å². The molecule has 0 amide bonds. The molecule has 0 bridgehead atoms. The van der Waals surface area contributed by atoms with E-state index in [-0.39, 0.29) is 38.5 Å². The fraction of sp³-hybridized carbons (Fsp3) is 0.571. The maximum atomic E-state index is 12.1. The number of carbonyl (C=O) groups excluding carboxylic acids is 2. The quantitative estimate of drug-likeness (QED) is 0.392. The van der Waals surface area contributed by atoms with Crippen LogP contribution in [-0.4, -0.2) is 25.2 Å². The molecule has 19 heavy (non-hydrogen) atoms. The Hall–Kier alpha value is -1.29. The molecule has 0 atom stereocenters. The summed E-state index contributed by atoms with van der Waals surface area (Å²) in [5.41, 5.74) is -0.627. The standard InChI is InChI=1S/C14H22O4.ClH/c1-6-9-14(10-11(4)5,12(15)17-7-2)13(16)18-8-3;/h6H,1,4,7-10H2,2-3,5H3;1H. The highest BCUT2D eigenvalue weighted by atomic mass is 35.5. The van der Waals surface area contributed by atoms with E-state index in [9.17, 15) is 9.59 Å². The molecule has 0 saturated carbocycles. The van der Waals surface area contributed by atoms with Crippen LogP contribution in [-0.2, 0) is 19.1 Å². The van der Waals surface area contributed by atoms with Crippen LogP contribution in [0.2, 0.25) is 0 Å². The Morgan fingerprint density at radius 3 is 1.84 bits per heavy atom. The number of ether oxygens (including phenoxy) is 2. The number of rotatable bonds is 8. The number of carbonyl (C=O) groups is 2. The van der Waals surface area contributed by atoms with E-state index in [4.69, 9.17) is 9.47 Å². The first kappa shape index (κ1) is 20.0. The normalized spacial score (nSPS) is 10.1. The predicted molar refractivity (Wildman–Crippen MR) is 77.2 cm³/mol. The minimum atomic E-state index is -1.35. The largest absolute Gasteiger partial charge is 0.465 e. The van der Waals surface area contributed by atoms with Gasteiger partial charge in [-0.1, -0.05) is 11.6 Å². The van der Waals surface area contributed by atoms with Gasteiger partial charge >= 0.3 is 11.9 Å². The van der Waals surface area contributed by atoms with Crippen LogP contribution in [0.4, 0.5) is 0 Å². The Morgan fingerprint density at radius 1 is 1.16 bits per heavy atom. The van der Waals surface area contributed by atoms with Gasteiger partial charge in [-0.3, -0.25) is 9.59 Å². The highest BCUT2D eigenvalue weighted by molar-refractivity contribution is 6.00. The fourth-order valence-electron chi connectivity index (χ4n) is 1.77. The van der Waals surface area contributed by atoms with Gasteiger partial charge in [0.15, 0.2) is 5.41 Å². The SMILES string of the molecule is C=CCC(CC(=C)C)(C(=O)OCC)C(=O)OCC.Cl. The molecule has 5 heteroatoms. The molecule has 0 aromatic heterocycles. The molecule has 0 radical (unpaired) electrons. The van der Waals surface area contributed by atoms with E-state index >= 15 is 0 Å². The molecule has 0 N–H and O–H groups in total. The second-order valence-corrected chi connectivity index (χ2v) is 4.15. The highest BCUT2D eigenvalue weighted by Gasteiger charge is 2.47. The molecule has 0 aromatic rings. The maximum absolute atomic E-state index is 12.1. The number of hydrogen-bond acceptors (Lipinski definition) is 4. The van der Waals surface area contributed by atoms with Crippen molar-refractivity contribution >= 4 is 24.3 Å². The average Bonchev–Trinajstić information content (AvgIpc) is 2.28. The van der Waals surface area contributed by atoms with Gasteiger partial charge in [0, 0.05) is 0 Å². The van der Waals surface area contributed by atoms with Gasteiger partial charge in [0.1, 0.15) is 0 Å². The molecule has 110 valence electrons. The van der Waals surface area contributed by atoms with E-state index in [1.165, 1.54) is 6.08 Å². The summed E-state index contributed by atoms with van der Waals surface area (Å²) in [4.78, 5) is 24.2. The van der Waals surface area contributed by atoms with Crippen LogP contribution in [0.5, 0.6) is 0 Å². The number of esters is 2. The molecule has 0 aromatic carbocycles. The molecular formula is C14H23ClO4. The van der Waals surface area contributed by atoms with Crippen LogP contribution in [0, 0.1) is 5.41 Å². The molecule has 0 heterocycles. The summed E-state index contributed by atoms with van der Waals surface area (Å²) in [6.45, 7) is 12.9. The first-order valence-corrected chi connectivity index (χ1v) is 6.04. The lowest BCUT2D eigenvalue weighted by atomic mass is 9.79. The van der Waals surface area contributed by atoms with Gasteiger partial charge in [0.2, 0.25) is 0 Å². The van der Waals surface area contributed by atoms with Crippen molar-refractivity contribution in [3.63, 3.8) is 0 Å². The van der Waals surface area contributed by atoms with E-state index in [1.807, 2.05) is 0 Å². The molecule has 4 nitrogen and oxygen atoms in total. The second-order valence-electron chi connectivity index (χ2n) is 4.15. The summed E-state index contributed by atoms with van der Waals surface area (Å²) < 4.78 is 10.00. The summed E-state index contributed by atoms with van der Waals surface area (Å²) in [6.07, 6.45) is 1.91. The van der Waals surface area contributed by atoms with E-state index in [0.717, 1.165) is 5.57 Å². The molecule has 0 aliphatic carbocycles. The van der Waals surface area contributed by atoms with Gasteiger partial charge in [0.05, 0.1) is 13.2 Å². The Balaban J connectivity index is 0. The number of halogens is 1. The number of allylic oxidation sites excluding steroid dienone is 2. The van der Waals surface area contributed by atoms with Gasteiger partial charge in [0.25, 0.3) is 0 Å². The highest BCUT2D eigenvalue weighted by Crippen LogP contribution is 2.33. The lowest BCUT2D eigenvalue weighted by molar-refractivity contribution is -0.171. The van der Waals surface area contributed by atoms with Crippen molar-refractivity contribution in [2.24, 2.45) is 5.41 Å². The maximum Gasteiger partial charge on any atom is 0.324 e. The van der Waals surface area contributed by atoms with Gasteiger partial charge in [-0.2, -0.15) is 0 Å². The van der Waals surface area contributed by atoms with E-state index in [1.54, 1.807) is 20.8 Å². The van der Waals surface area contributed by atoms with Crippen molar-refractivity contribution in [3.8, 4) is 0 Å². The van der Waals surface area contributed by atoms with E-state index < -0.39 is 17.4 Å². The zero-order valence-corrected chi connectivity index (χ0v) is 12.7. The van der Waals surface area contributed by atoms with Crippen LogP contribution in [0.3, 0.4) is 0 Å². The van der Waals surface area contributed by atoms with E-state index in [0.29, 0.717) is 0 Å². The lowest BCUT2D eigenvalue weighted by Crippen LogP contribution is -2.42. The van der Waals surface area contributed by atoms with Gasteiger partial charge in [-0.05, 0) is 33.6 Å². The topological polar surface area (TPSA) is 52.6 Å². The predicted octanol–water partition coefficient (Wildman–Crippen LogP) is 3.06. The number of hydrogen-bond donors (Lipinski definition) is 0. The first-order chi connectivity index (χ1) is 8.44. The molecule has 0 aliphatic heterocycles. The zero-order chi connectivity index (χ0) is 14.2. The van der Waals surface area contributed by atoms with Crippen molar-refractivity contribution in [2.75, 3.05) is 13.2 Å². The molecule has 0 rings (SSSR count). The summed E-state index contributed by atoms with van der Waals surface area (Å²) in [5, 5.41) is 0. The minimum absolute atomic E-state index is 0. The van der Waals surface area contributed by atoms with E-state index in [2.05, 4.69) is 13.2 Å². The second kappa shape index (κ2) is 9.62. The molecule has 0 spiro atoms.